The van der Waals surface area contributed by atoms with Crippen LogP contribution in [0.5, 0.6) is 11.5 Å². The Bertz CT molecular complexity index is 1280. The number of aliphatic hydroxyl groups is 1. The number of nitrogens with zero attached hydrogens (tertiary/aromatic N) is 1. The van der Waals surface area contributed by atoms with Gasteiger partial charge in [0.25, 0.3) is 11.7 Å². The number of carbonyl (C=O) groups excluding carboxylic acids is 2. The molecule has 0 spiro atoms. The molecule has 1 atom stereocenters. The average Bonchev–Trinajstić information content (AvgIpc) is 3.09. The van der Waals surface area contributed by atoms with E-state index in [2.05, 4.69) is 0 Å². The number of carbonyl (C=O) groups is 2. The van der Waals surface area contributed by atoms with Crippen molar-refractivity contribution in [2.24, 2.45) is 0 Å². The van der Waals surface area contributed by atoms with Crippen LogP contribution < -0.4 is 14.4 Å². The highest BCUT2D eigenvalue weighted by Crippen LogP contribution is 2.46. The van der Waals surface area contributed by atoms with Gasteiger partial charge in [0.15, 0.2) is 0 Å². The first-order valence-electron chi connectivity index (χ1n) is 10.2. The molecule has 168 valence electrons. The second kappa shape index (κ2) is 9.00. The molecule has 0 radical (unpaired) electrons. The molecule has 0 saturated carbocycles. The lowest BCUT2D eigenvalue weighted by Crippen LogP contribution is -2.30. The molecule has 6 nitrogen and oxygen atoms in total. The molecule has 1 saturated heterocycles. The number of methoxy groups -OCH3 is 2. The van der Waals surface area contributed by atoms with Gasteiger partial charge < -0.3 is 14.6 Å². The lowest BCUT2D eigenvalue weighted by molar-refractivity contribution is -0.132. The van der Waals surface area contributed by atoms with Crippen LogP contribution in [0.3, 0.4) is 0 Å². The minimum absolute atomic E-state index is 0.0806. The number of ether oxygens (including phenoxy) is 2. The Labute approximate surface area is 196 Å². The van der Waals surface area contributed by atoms with Gasteiger partial charge in [0, 0.05) is 16.8 Å². The molecule has 1 heterocycles. The van der Waals surface area contributed by atoms with Crippen LogP contribution in [0.4, 0.5) is 5.69 Å². The van der Waals surface area contributed by atoms with E-state index in [9.17, 15) is 14.7 Å². The zero-order valence-corrected chi connectivity index (χ0v) is 19.1. The van der Waals surface area contributed by atoms with Crippen molar-refractivity contribution < 1.29 is 24.2 Å². The molecule has 0 bridgehead atoms. The number of benzene rings is 3. The summed E-state index contributed by atoms with van der Waals surface area (Å²) < 4.78 is 10.8. The van der Waals surface area contributed by atoms with Crippen molar-refractivity contribution in [2.45, 2.75) is 13.0 Å². The molecule has 1 aliphatic rings. The number of aryl methyl sites for hydroxylation is 1. The number of hydrogen-bond acceptors (Lipinski definition) is 5. The molecule has 33 heavy (non-hydrogen) atoms. The molecular weight excluding hydrogens is 442 g/mol. The summed E-state index contributed by atoms with van der Waals surface area (Å²) in [5, 5.41) is 11.6. The summed E-state index contributed by atoms with van der Waals surface area (Å²) in [7, 11) is 3.00. The molecule has 7 heteroatoms. The molecule has 4 rings (SSSR count). The number of Topliss-reactive ketones (excluding diaryl/α,β-unsaturated/α-hetero) is 1. The maximum Gasteiger partial charge on any atom is 0.300 e. The lowest BCUT2D eigenvalue weighted by Gasteiger charge is -2.27. The first-order chi connectivity index (χ1) is 15.9. The third-order valence-corrected chi connectivity index (χ3v) is 6.01. The Morgan fingerprint density at radius 3 is 2.36 bits per heavy atom. The predicted octanol–water partition coefficient (Wildman–Crippen LogP) is 5.29. The normalized spacial score (nSPS) is 17.3. The fourth-order valence-corrected chi connectivity index (χ4v) is 4.27. The quantitative estimate of drug-likeness (QED) is 0.316. The highest BCUT2D eigenvalue weighted by atomic mass is 35.5. The molecule has 1 amide bonds. The number of anilines is 1. The second-order valence-corrected chi connectivity index (χ2v) is 7.95. The topological polar surface area (TPSA) is 76.1 Å². The van der Waals surface area contributed by atoms with E-state index >= 15 is 0 Å². The van der Waals surface area contributed by atoms with Gasteiger partial charge >= 0.3 is 0 Å². The minimum Gasteiger partial charge on any atom is -0.507 e. The van der Waals surface area contributed by atoms with Gasteiger partial charge in [0.05, 0.1) is 30.9 Å². The number of aliphatic hydroxyl groups excluding tert-OH is 1. The number of para-hydroxylation sites is 2. The summed E-state index contributed by atoms with van der Waals surface area (Å²) in [5.41, 5.74) is 2.04. The van der Waals surface area contributed by atoms with Gasteiger partial charge in [-0.2, -0.15) is 0 Å². The average molecular weight is 464 g/mol. The van der Waals surface area contributed by atoms with Gasteiger partial charge in [-0.15, -0.1) is 0 Å². The fraction of sp³-hybridized carbons (Fsp3) is 0.154. The summed E-state index contributed by atoms with van der Waals surface area (Å²) in [6, 6.07) is 18.1. The maximum atomic E-state index is 13.3. The Balaban J connectivity index is 2.03. The lowest BCUT2D eigenvalue weighted by atomic mass is 9.94. The van der Waals surface area contributed by atoms with Crippen LogP contribution in [0.15, 0.2) is 72.3 Å². The van der Waals surface area contributed by atoms with Crippen molar-refractivity contribution in [1.29, 1.82) is 0 Å². The van der Waals surface area contributed by atoms with Crippen molar-refractivity contribution in [1.82, 2.24) is 0 Å². The smallest absolute Gasteiger partial charge is 0.300 e. The number of hydrogen-bond donors (Lipinski definition) is 1. The predicted molar refractivity (Wildman–Crippen MR) is 127 cm³/mol. The second-order valence-electron chi connectivity index (χ2n) is 7.54. The Kier molecular flexibility index (Phi) is 6.11. The molecule has 1 unspecified atom stereocenters. The van der Waals surface area contributed by atoms with E-state index in [1.54, 1.807) is 48.5 Å². The molecule has 3 aromatic carbocycles. The van der Waals surface area contributed by atoms with Crippen LogP contribution in [0.1, 0.15) is 22.7 Å². The van der Waals surface area contributed by atoms with Crippen molar-refractivity contribution in [3.63, 3.8) is 0 Å². The van der Waals surface area contributed by atoms with Crippen LogP contribution in [-0.4, -0.2) is 31.0 Å². The monoisotopic (exact) mass is 463 g/mol. The summed E-state index contributed by atoms with van der Waals surface area (Å²) >= 11 is 6.36. The van der Waals surface area contributed by atoms with Crippen LogP contribution >= 0.6 is 11.6 Å². The van der Waals surface area contributed by atoms with E-state index in [4.69, 9.17) is 21.1 Å². The number of ketones is 1. The van der Waals surface area contributed by atoms with Gasteiger partial charge in [-0.3, -0.25) is 14.5 Å². The SMILES string of the molecule is COc1ccc(Cl)c(/C(O)=C2\C(=O)C(=O)N(c3ccccc3C)C2c2ccccc2OC)c1. The van der Waals surface area contributed by atoms with Crippen LogP contribution in [-0.2, 0) is 9.59 Å². The van der Waals surface area contributed by atoms with Gasteiger partial charge in [-0.05, 0) is 42.8 Å². The Morgan fingerprint density at radius 1 is 0.970 bits per heavy atom. The summed E-state index contributed by atoms with van der Waals surface area (Å²) in [4.78, 5) is 28.1. The van der Waals surface area contributed by atoms with E-state index in [0.29, 0.717) is 22.7 Å². The minimum atomic E-state index is -0.926. The fourth-order valence-electron chi connectivity index (χ4n) is 4.06. The zero-order valence-electron chi connectivity index (χ0n) is 18.3. The number of rotatable bonds is 5. The zero-order chi connectivity index (χ0) is 23.7. The third-order valence-electron chi connectivity index (χ3n) is 5.68. The highest BCUT2D eigenvalue weighted by molar-refractivity contribution is 6.52. The van der Waals surface area contributed by atoms with E-state index in [1.165, 1.54) is 25.2 Å². The van der Waals surface area contributed by atoms with Crippen LogP contribution in [0.25, 0.3) is 5.76 Å². The Morgan fingerprint density at radius 2 is 1.67 bits per heavy atom. The van der Waals surface area contributed by atoms with E-state index < -0.39 is 17.7 Å². The van der Waals surface area contributed by atoms with E-state index in [1.807, 2.05) is 19.1 Å². The van der Waals surface area contributed by atoms with Crippen molar-refractivity contribution in [3.05, 3.63) is 94.0 Å². The molecule has 1 N–H and O–H groups in total. The van der Waals surface area contributed by atoms with Gasteiger partial charge in [-0.1, -0.05) is 48.0 Å². The molecular formula is C26H22ClNO5. The standard InChI is InChI=1S/C26H22ClNO5/c1-15-8-4-6-10-20(15)28-23(17-9-5-7-11-21(17)33-3)22(25(30)26(28)31)24(29)18-14-16(32-2)12-13-19(18)27/h4-14,23,29H,1-3H3/b24-22+. The van der Waals surface area contributed by atoms with E-state index in [0.717, 1.165) is 5.56 Å². The van der Waals surface area contributed by atoms with E-state index in [-0.39, 0.29) is 21.9 Å². The van der Waals surface area contributed by atoms with Gasteiger partial charge in [0.1, 0.15) is 17.3 Å². The van der Waals surface area contributed by atoms with Crippen LogP contribution in [0.2, 0.25) is 5.02 Å². The van der Waals surface area contributed by atoms with Gasteiger partial charge in [-0.25, -0.2) is 0 Å². The highest BCUT2D eigenvalue weighted by Gasteiger charge is 2.48. The molecule has 3 aromatic rings. The molecule has 1 fully saturated rings. The van der Waals surface area contributed by atoms with Crippen molar-refractivity contribution in [2.75, 3.05) is 19.1 Å². The van der Waals surface area contributed by atoms with Gasteiger partial charge in [0.2, 0.25) is 0 Å². The molecule has 0 aromatic heterocycles. The Hall–Kier alpha value is -3.77. The summed E-state index contributed by atoms with van der Waals surface area (Å²) in [6.45, 7) is 1.85. The molecule has 0 aliphatic carbocycles. The van der Waals surface area contributed by atoms with Crippen LogP contribution in [0, 0.1) is 6.92 Å². The number of halogens is 1. The molecule has 1 aliphatic heterocycles. The first-order valence-corrected chi connectivity index (χ1v) is 10.6. The maximum absolute atomic E-state index is 13.3. The first kappa shape index (κ1) is 22.4. The summed E-state index contributed by atoms with van der Waals surface area (Å²) in [5.74, 6) is -1.02. The number of amides is 1. The van der Waals surface area contributed by atoms with Crippen molar-refractivity contribution >= 4 is 34.7 Å². The largest absolute Gasteiger partial charge is 0.507 e. The third kappa shape index (κ3) is 3.83. The van der Waals surface area contributed by atoms with Crippen molar-refractivity contribution in [3.8, 4) is 11.5 Å². The summed E-state index contributed by atoms with van der Waals surface area (Å²) in [6.07, 6.45) is 0.